The zero-order valence-electron chi connectivity index (χ0n) is 11.3. The first-order valence-corrected chi connectivity index (χ1v) is 6.60. The Kier molecular flexibility index (Phi) is 6.85. The first kappa shape index (κ1) is 15.4. The van der Waals surface area contributed by atoms with E-state index in [1.165, 1.54) is 12.1 Å². The summed E-state index contributed by atoms with van der Waals surface area (Å²) in [7, 11) is 0. The number of unbranched alkanes of at least 4 members (excludes halogenated alkanes) is 1. The Morgan fingerprint density at radius 2 is 1.89 bits per heavy atom. The summed E-state index contributed by atoms with van der Waals surface area (Å²) in [6.07, 6.45) is 3.45. The number of benzene rings is 1. The molecule has 1 aromatic carbocycles. The maximum Gasteiger partial charge on any atom is 0.188 e. The summed E-state index contributed by atoms with van der Waals surface area (Å²) in [6.45, 7) is 3.47. The third-order valence-electron chi connectivity index (χ3n) is 2.66. The molecule has 1 aromatic rings. The summed E-state index contributed by atoms with van der Waals surface area (Å²) in [4.78, 5) is 4.15. The van der Waals surface area contributed by atoms with Crippen molar-refractivity contribution in [2.75, 3.05) is 13.1 Å². The second-order valence-corrected chi connectivity index (χ2v) is 4.43. The molecule has 5 heteroatoms. The zero-order chi connectivity index (χ0) is 14.1. The molecule has 0 aliphatic heterocycles. The fraction of sp³-hybridized carbons (Fsp3) is 0.500. The standard InChI is InChI=1S/C14H21F2N3/c1-2-3-6-18-14(17)19-7-4-5-11-8-12(15)10-13(16)9-11/h8-10H,2-7H2,1H3,(H3,17,18,19). The lowest BCUT2D eigenvalue weighted by atomic mass is 10.1. The van der Waals surface area contributed by atoms with Crippen LogP contribution in [0.25, 0.3) is 0 Å². The van der Waals surface area contributed by atoms with Crippen LogP contribution in [0.15, 0.2) is 23.2 Å². The average Bonchev–Trinajstić information content (AvgIpc) is 2.34. The van der Waals surface area contributed by atoms with Crippen molar-refractivity contribution in [3.8, 4) is 0 Å². The van der Waals surface area contributed by atoms with Gasteiger partial charge >= 0.3 is 0 Å². The molecular weight excluding hydrogens is 248 g/mol. The van der Waals surface area contributed by atoms with E-state index in [0.717, 1.165) is 25.5 Å². The highest BCUT2D eigenvalue weighted by Gasteiger charge is 2.00. The molecule has 0 saturated heterocycles. The number of rotatable bonds is 7. The fourth-order valence-corrected chi connectivity index (χ4v) is 1.69. The smallest absolute Gasteiger partial charge is 0.188 e. The molecule has 0 aromatic heterocycles. The first-order valence-electron chi connectivity index (χ1n) is 6.60. The van der Waals surface area contributed by atoms with Gasteiger partial charge in [-0.2, -0.15) is 0 Å². The van der Waals surface area contributed by atoms with Crippen molar-refractivity contribution in [1.82, 2.24) is 5.32 Å². The normalized spacial score (nSPS) is 11.6. The molecule has 0 radical (unpaired) electrons. The van der Waals surface area contributed by atoms with E-state index in [9.17, 15) is 8.78 Å². The number of nitrogens with zero attached hydrogens (tertiary/aromatic N) is 1. The van der Waals surface area contributed by atoms with Crippen molar-refractivity contribution in [3.63, 3.8) is 0 Å². The molecule has 1 rings (SSSR count). The summed E-state index contributed by atoms with van der Waals surface area (Å²) in [5, 5.41) is 3.01. The van der Waals surface area contributed by atoms with Crippen molar-refractivity contribution in [2.45, 2.75) is 32.6 Å². The molecule has 0 amide bonds. The van der Waals surface area contributed by atoms with E-state index in [4.69, 9.17) is 5.73 Å². The van der Waals surface area contributed by atoms with Gasteiger partial charge in [0.05, 0.1) is 0 Å². The van der Waals surface area contributed by atoms with Gasteiger partial charge < -0.3 is 11.1 Å². The van der Waals surface area contributed by atoms with E-state index >= 15 is 0 Å². The number of nitrogens with two attached hydrogens (primary N) is 1. The van der Waals surface area contributed by atoms with Gasteiger partial charge in [-0.15, -0.1) is 0 Å². The van der Waals surface area contributed by atoms with Gasteiger partial charge in [-0.25, -0.2) is 8.78 Å². The van der Waals surface area contributed by atoms with Gasteiger partial charge in [0.1, 0.15) is 11.6 Å². The summed E-state index contributed by atoms with van der Waals surface area (Å²) in [5.74, 6) is -0.655. The van der Waals surface area contributed by atoms with Crippen molar-refractivity contribution >= 4 is 5.96 Å². The molecule has 0 fully saturated rings. The van der Waals surface area contributed by atoms with E-state index in [1.807, 2.05) is 0 Å². The molecule has 3 nitrogen and oxygen atoms in total. The van der Waals surface area contributed by atoms with Crippen LogP contribution in [0.3, 0.4) is 0 Å². The van der Waals surface area contributed by atoms with Gasteiger partial charge in [0.25, 0.3) is 0 Å². The molecule has 0 bridgehead atoms. The fourth-order valence-electron chi connectivity index (χ4n) is 1.69. The van der Waals surface area contributed by atoms with Gasteiger partial charge in [0.2, 0.25) is 0 Å². The summed E-state index contributed by atoms with van der Waals surface area (Å²) >= 11 is 0. The van der Waals surface area contributed by atoms with Crippen LogP contribution in [0.4, 0.5) is 8.78 Å². The first-order chi connectivity index (χ1) is 9.11. The van der Waals surface area contributed by atoms with Gasteiger partial charge in [-0.3, -0.25) is 4.99 Å². The third kappa shape index (κ3) is 6.74. The quantitative estimate of drug-likeness (QED) is 0.454. The number of aliphatic imine (C=N–C) groups is 1. The Morgan fingerprint density at radius 1 is 1.21 bits per heavy atom. The van der Waals surface area contributed by atoms with E-state index in [2.05, 4.69) is 17.2 Å². The average molecular weight is 269 g/mol. The van der Waals surface area contributed by atoms with Crippen LogP contribution in [0, 0.1) is 11.6 Å². The Balaban J connectivity index is 2.28. The molecule has 0 saturated carbocycles. The van der Waals surface area contributed by atoms with Crippen molar-refractivity contribution in [1.29, 1.82) is 0 Å². The van der Waals surface area contributed by atoms with Crippen molar-refractivity contribution in [2.24, 2.45) is 10.7 Å². The molecule has 0 spiro atoms. The van der Waals surface area contributed by atoms with Crippen LogP contribution in [-0.4, -0.2) is 19.0 Å². The maximum atomic E-state index is 12.9. The Bertz CT molecular complexity index is 399. The monoisotopic (exact) mass is 269 g/mol. The molecule has 106 valence electrons. The second-order valence-electron chi connectivity index (χ2n) is 4.43. The zero-order valence-corrected chi connectivity index (χ0v) is 11.3. The highest BCUT2D eigenvalue weighted by atomic mass is 19.1. The van der Waals surface area contributed by atoms with Gasteiger partial charge in [-0.05, 0) is 37.0 Å². The number of hydrogen-bond acceptors (Lipinski definition) is 1. The van der Waals surface area contributed by atoms with E-state index < -0.39 is 11.6 Å². The highest BCUT2D eigenvalue weighted by molar-refractivity contribution is 5.77. The Hall–Kier alpha value is -1.65. The minimum atomic E-state index is -0.542. The number of hydrogen-bond donors (Lipinski definition) is 2. The molecule has 0 aliphatic rings. The lowest BCUT2D eigenvalue weighted by Gasteiger charge is -2.04. The number of nitrogens with one attached hydrogen (secondary N) is 1. The predicted molar refractivity (Wildman–Crippen MR) is 74.1 cm³/mol. The van der Waals surface area contributed by atoms with Crippen LogP contribution in [0.2, 0.25) is 0 Å². The molecule has 3 N–H and O–H groups in total. The molecule has 19 heavy (non-hydrogen) atoms. The number of halogens is 2. The van der Waals surface area contributed by atoms with E-state index in [1.54, 1.807) is 0 Å². The molecule has 0 heterocycles. The summed E-state index contributed by atoms with van der Waals surface area (Å²) < 4.78 is 25.9. The minimum absolute atomic E-state index is 0.430. The molecule has 0 atom stereocenters. The van der Waals surface area contributed by atoms with Crippen LogP contribution in [0.5, 0.6) is 0 Å². The topological polar surface area (TPSA) is 50.4 Å². The van der Waals surface area contributed by atoms with Gasteiger partial charge in [0, 0.05) is 19.2 Å². The largest absolute Gasteiger partial charge is 0.370 e. The van der Waals surface area contributed by atoms with Crippen molar-refractivity contribution in [3.05, 3.63) is 35.4 Å². The van der Waals surface area contributed by atoms with Gasteiger partial charge in [0.15, 0.2) is 5.96 Å². The molecule has 0 aliphatic carbocycles. The maximum absolute atomic E-state index is 12.9. The predicted octanol–water partition coefficient (Wildman–Crippen LogP) is 2.60. The van der Waals surface area contributed by atoms with E-state index in [0.29, 0.717) is 30.9 Å². The van der Waals surface area contributed by atoms with Crippen LogP contribution in [-0.2, 0) is 6.42 Å². The SMILES string of the molecule is CCCCNC(N)=NCCCc1cc(F)cc(F)c1. The number of guanidine groups is 1. The molecule has 0 unspecified atom stereocenters. The Morgan fingerprint density at radius 3 is 2.53 bits per heavy atom. The van der Waals surface area contributed by atoms with Crippen molar-refractivity contribution < 1.29 is 8.78 Å². The van der Waals surface area contributed by atoms with Crippen LogP contribution in [0.1, 0.15) is 31.7 Å². The lowest BCUT2D eigenvalue weighted by Crippen LogP contribution is -2.32. The highest BCUT2D eigenvalue weighted by Crippen LogP contribution is 2.09. The number of aryl methyl sites for hydroxylation is 1. The summed E-state index contributed by atoms with van der Waals surface area (Å²) in [6, 6.07) is 3.56. The minimum Gasteiger partial charge on any atom is -0.370 e. The second kappa shape index (κ2) is 8.45. The van der Waals surface area contributed by atoms with E-state index in [-0.39, 0.29) is 0 Å². The molecular formula is C14H21F2N3. The third-order valence-corrected chi connectivity index (χ3v) is 2.66. The Labute approximate surface area is 112 Å². The lowest BCUT2D eigenvalue weighted by molar-refractivity contribution is 0.578. The van der Waals surface area contributed by atoms with Crippen LogP contribution >= 0.6 is 0 Å². The van der Waals surface area contributed by atoms with Gasteiger partial charge in [-0.1, -0.05) is 13.3 Å². The van der Waals surface area contributed by atoms with Crippen LogP contribution < -0.4 is 11.1 Å². The summed E-state index contributed by atoms with van der Waals surface area (Å²) in [5.41, 5.74) is 6.30.